The second kappa shape index (κ2) is 9.31. The lowest BCUT2D eigenvalue weighted by molar-refractivity contribution is 0.0563. The van der Waals surface area contributed by atoms with Gasteiger partial charge in [-0.1, -0.05) is 26.0 Å². The van der Waals surface area contributed by atoms with E-state index in [1.165, 1.54) is 30.5 Å². The van der Waals surface area contributed by atoms with E-state index in [1.807, 2.05) is 13.8 Å². The quantitative estimate of drug-likeness (QED) is 0.426. The van der Waals surface area contributed by atoms with Crippen molar-refractivity contribution in [1.29, 1.82) is 0 Å². The van der Waals surface area contributed by atoms with Crippen molar-refractivity contribution in [3.63, 3.8) is 0 Å². The molecule has 9 heteroatoms. The molecule has 3 aromatic rings. The predicted molar refractivity (Wildman–Crippen MR) is 99.3 cm³/mol. The number of alkyl halides is 2. The van der Waals surface area contributed by atoms with Gasteiger partial charge in [-0.05, 0) is 36.8 Å². The summed E-state index contributed by atoms with van der Waals surface area (Å²) >= 11 is 0. The highest BCUT2D eigenvalue weighted by Gasteiger charge is 2.21. The maximum Gasteiger partial charge on any atom is 0.333 e. The first-order chi connectivity index (χ1) is 13.8. The van der Waals surface area contributed by atoms with Crippen LogP contribution in [0.3, 0.4) is 0 Å². The second-order valence-electron chi connectivity index (χ2n) is 5.64. The van der Waals surface area contributed by atoms with Crippen LogP contribution in [-0.2, 0) is 0 Å². The second-order valence-corrected chi connectivity index (χ2v) is 5.64. The summed E-state index contributed by atoms with van der Waals surface area (Å²) in [5.41, 5.74) is 0.561. The van der Waals surface area contributed by atoms with Gasteiger partial charge < -0.3 is 5.32 Å². The normalized spacial score (nSPS) is 10.5. The highest BCUT2D eigenvalue weighted by Crippen LogP contribution is 2.26. The van der Waals surface area contributed by atoms with Gasteiger partial charge in [-0.15, -0.1) is 0 Å². The number of amides is 1. The van der Waals surface area contributed by atoms with Crippen LogP contribution >= 0.6 is 0 Å². The van der Waals surface area contributed by atoms with E-state index in [0.29, 0.717) is 33.6 Å². The van der Waals surface area contributed by atoms with Gasteiger partial charge in [-0.2, -0.15) is 13.9 Å². The molecule has 0 atom stereocenters. The molecule has 0 unspecified atom stereocenters. The van der Waals surface area contributed by atoms with E-state index < -0.39 is 35.5 Å². The van der Waals surface area contributed by atoms with Gasteiger partial charge in [0.05, 0.1) is 5.69 Å². The number of carbonyl (C=O) groups excluding carboxylic acids is 1. The third-order valence-corrected chi connectivity index (χ3v) is 3.84. The molecule has 0 spiro atoms. The fraction of sp³-hybridized carbons (Fsp3) is 0.200. The number of aromatic nitrogens is 2. The maximum atomic E-state index is 13.7. The van der Waals surface area contributed by atoms with E-state index in [0.717, 1.165) is 0 Å². The molecule has 1 aromatic heterocycles. The largest absolute Gasteiger partial charge is 0.333 e. The van der Waals surface area contributed by atoms with Gasteiger partial charge in [-0.25, -0.2) is 17.9 Å². The fourth-order valence-electron chi connectivity index (χ4n) is 2.53. The van der Waals surface area contributed by atoms with Crippen molar-refractivity contribution in [2.45, 2.75) is 27.3 Å². The van der Waals surface area contributed by atoms with Crippen molar-refractivity contribution in [2.24, 2.45) is 0 Å². The number of halogens is 5. The molecule has 4 nitrogen and oxygen atoms in total. The number of rotatable bonds is 4. The van der Waals surface area contributed by atoms with Crippen molar-refractivity contribution in [2.75, 3.05) is 5.32 Å². The summed E-state index contributed by atoms with van der Waals surface area (Å²) in [7, 11) is 0. The highest BCUT2D eigenvalue weighted by molar-refractivity contribution is 6.04. The minimum Gasteiger partial charge on any atom is -0.322 e. The molecule has 154 valence electrons. The van der Waals surface area contributed by atoms with Crippen LogP contribution in [0.2, 0.25) is 0 Å². The van der Waals surface area contributed by atoms with E-state index in [2.05, 4.69) is 10.4 Å². The molecular weight excluding hydrogens is 393 g/mol. The number of nitrogens with one attached hydrogen (secondary N) is 1. The van der Waals surface area contributed by atoms with E-state index in [1.54, 1.807) is 6.92 Å². The Morgan fingerprint density at radius 2 is 1.59 bits per heavy atom. The third kappa shape index (κ3) is 4.79. The Morgan fingerprint density at radius 1 is 1.00 bits per heavy atom. The molecule has 0 aliphatic rings. The minimum absolute atomic E-state index is 0.186. The van der Waals surface area contributed by atoms with Crippen LogP contribution in [0.5, 0.6) is 0 Å². The number of benzene rings is 2. The number of carbonyl (C=O) groups is 1. The first kappa shape index (κ1) is 22.1. The molecule has 1 amide bonds. The Morgan fingerprint density at radius 3 is 2.14 bits per heavy atom. The summed E-state index contributed by atoms with van der Waals surface area (Å²) in [6, 6.07) is 7.11. The number of anilines is 1. The molecule has 2 aromatic carbocycles. The molecule has 0 aliphatic heterocycles. The van der Waals surface area contributed by atoms with Gasteiger partial charge in [-0.3, -0.25) is 4.79 Å². The van der Waals surface area contributed by atoms with Gasteiger partial charge in [0.25, 0.3) is 5.91 Å². The monoisotopic (exact) mass is 411 g/mol. The lowest BCUT2D eigenvalue weighted by Gasteiger charge is -2.08. The molecule has 29 heavy (non-hydrogen) atoms. The van der Waals surface area contributed by atoms with Crippen LogP contribution in [-0.4, -0.2) is 15.7 Å². The average Bonchev–Trinajstić information content (AvgIpc) is 3.09. The van der Waals surface area contributed by atoms with Crippen LogP contribution in [0, 0.1) is 24.4 Å². The first-order valence-electron chi connectivity index (χ1n) is 8.67. The van der Waals surface area contributed by atoms with E-state index in [-0.39, 0.29) is 5.69 Å². The molecule has 0 saturated heterocycles. The number of hydrogen-bond donors (Lipinski definition) is 1. The fourth-order valence-corrected chi connectivity index (χ4v) is 2.53. The van der Waals surface area contributed by atoms with Gasteiger partial charge in [0, 0.05) is 17.4 Å². The molecule has 1 N–H and O–H groups in total. The molecule has 0 saturated carbocycles. The van der Waals surface area contributed by atoms with E-state index in [4.69, 9.17) is 0 Å². The predicted octanol–water partition coefficient (Wildman–Crippen LogP) is 5.95. The Labute approximate surface area is 164 Å². The van der Waals surface area contributed by atoms with Crippen molar-refractivity contribution >= 4 is 11.6 Å². The summed E-state index contributed by atoms with van der Waals surface area (Å²) in [4.78, 5) is 12.0. The first-order valence-corrected chi connectivity index (χ1v) is 8.67. The summed E-state index contributed by atoms with van der Waals surface area (Å²) in [5.74, 6) is -5.28. The number of aryl methyl sites for hydroxylation is 1. The zero-order valence-corrected chi connectivity index (χ0v) is 15.8. The number of nitrogens with zero attached hydrogens (tertiary/aromatic N) is 2. The van der Waals surface area contributed by atoms with Gasteiger partial charge in [0.1, 0.15) is 11.4 Å². The zero-order chi connectivity index (χ0) is 21.7. The van der Waals surface area contributed by atoms with Gasteiger partial charge in [0.2, 0.25) is 0 Å². The molecule has 3 rings (SSSR count). The standard InChI is InChI=1S/C18H12F5N3O.C2H6/c1-9-12(8-26(25-9)18(22)23)10-2-4-11(5-3-10)24-17(27)15-13(19)6-7-14(20)16(15)21;1-2/h2-8,18H,1H3,(H,24,27);1-2H3. The Balaban J connectivity index is 0.00000145. The van der Waals surface area contributed by atoms with Crippen LogP contribution in [0.4, 0.5) is 27.6 Å². The Bertz CT molecular complexity index is 1000. The SMILES string of the molecule is CC.Cc1nn(C(F)F)cc1-c1ccc(NC(=O)c2c(F)ccc(F)c2F)cc1. The minimum atomic E-state index is -2.77. The molecule has 0 radical (unpaired) electrons. The van der Waals surface area contributed by atoms with E-state index in [9.17, 15) is 26.7 Å². The topological polar surface area (TPSA) is 46.9 Å². The van der Waals surface area contributed by atoms with Crippen molar-refractivity contribution < 1.29 is 26.7 Å². The number of hydrogen-bond acceptors (Lipinski definition) is 2. The summed E-state index contributed by atoms with van der Waals surface area (Å²) in [6.07, 6.45) is 1.19. The van der Waals surface area contributed by atoms with Crippen molar-refractivity contribution in [3.8, 4) is 11.1 Å². The van der Waals surface area contributed by atoms with Crippen molar-refractivity contribution in [1.82, 2.24) is 9.78 Å². The summed E-state index contributed by atoms with van der Waals surface area (Å²) < 4.78 is 66.5. The third-order valence-electron chi connectivity index (χ3n) is 3.84. The Kier molecular flexibility index (Phi) is 7.08. The molecule has 0 fully saturated rings. The summed E-state index contributed by atoms with van der Waals surface area (Å²) in [6.45, 7) is 2.80. The highest BCUT2D eigenvalue weighted by atomic mass is 19.3. The van der Waals surface area contributed by atoms with Gasteiger partial charge >= 0.3 is 6.55 Å². The van der Waals surface area contributed by atoms with E-state index >= 15 is 0 Å². The van der Waals surface area contributed by atoms with Crippen molar-refractivity contribution in [3.05, 3.63) is 71.3 Å². The van der Waals surface area contributed by atoms with Gasteiger partial charge in [0.15, 0.2) is 11.6 Å². The van der Waals surface area contributed by atoms with Crippen LogP contribution in [0.15, 0.2) is 42.6 Å². The molecule has 0 aliphatic carbocycles. The molecule has 0 bridgehead atoms. The van der Waals surface area contributed by atoms with Crippen LogP contribution in [0.1, 0.15) is 36.4 Å². The molecule has 1 heterocycles. The van der Waals surface area contributed by atoms with Crippen LogP contribution in [0.25, 0.3) is 11.1 Å². The lowest BCUT2D eigenvalue weighted by atomic mass is 10.1. The zero-order valence-electron chi connectivity index (χ0n) is 15.8. The maximum absolute atomic E-state index is 13.7. The lowest BCUT2D eigenvalue weighted by Crippen LogP contribution is -2.16. The Hall–Kier alpha value is -3.23. The smallest absolute Gasteiger partial charge is 0.322 e. The summed E-state index contributed by atoms with van der Waals surface area (Å²) in [5, 5.41) is 5.96. The average molecular weight is 411 g/mol. The van der Waals surface area contributed by atoms with Crippen LogP contribution < -0.4 is 5.32 Å². The molecular formula is C20H18F5N3O.